The van der Waals surface area contributed by atoms with Gasteiger partial charge in [-0.15, -0.1) is 12.4 Å². The van der Waals surface area contributed by atoms with E-state index in [4.69, 9.17) is 10.7 Å². The highest BCUT2D eigenvalue weighted by Crippen LogP contribution is 2.26. The van der Waals surface area contributed by atoms with Gasteiger partial charge in [0.2, 0.25) is 0 Å². The number of hydrogen-bond donors (Lipinski definition) is 1. The third-order valence-corrected chi connectivity index (χ3v) is 3.86. The highest BCUT2D eigenvalue weighted by atomic mass is 35.5. The molecule has 0 saturated heterocycles. The molecule has 0 atom stereocenters. The highest BCUT2D eigenvalue weighted by molar-refractivity contribution is 6.17. The zero-order valence-corrected chi connectivity index (χ0v) is 13.9. The van der Waals surface area contributed by atoms with Crippen LogP contribution in [0.3, 0.4) is 0 Å². The van der Waals surface area contributed by atoms with Crippen LogP contribution in [0.25, 0.3) is 0 Å². The molecule has 0 radical (unpaired) electrons. The van der Waals surface area contributed by atoms with Gasteiger partial charge in [-0.3, -0.25) is 4.99 Å². The summed E-state index contributed by atoms with van der Waals surface area (Å²) < 4.78 is 0. The van der Waals surface area contributed by atoms with Crippen molar-refractivity contribution in [3.05, 3.63) is 64.7 Å². The van der Waals surface area contributed by atoms with Gasteiger partial charge in [0, 0.05) is 29.9 Å². The third kappa shape index (κ3) is 3.16. The maximum absolute atomic E-state index is 6.41. The van der Waals surface area contributed by atoms with Crippen LogP contribution in [0, 0.1) is 0 Å². The normalized spacial score (nSPS) is 13.3. The molecule has 0 fully saturated rings. The van der Waals surface area contributed by atoms with Crippen molar-refractivity contribution >= 4 is 23.8 Å². The molecule has 0 aliphatic carbocycles. The van der Waals surface area contributed by atoms with E-state index in [0.29, 0.717) is 0 Å². The molecule has 2 N–H and O–H groups in total. The lowest BCUT2D eigenvalue weighted by molar-refractivity contribution is 0.403. The molecule has 1 aliphatic heterocycles. The van der Waals surface area contributed by atoms with Crippen LogP contribution in [-0.4, -0.2) is 31.3 Å². The van der Waals surface area contributed by atoms with E-state index in [1.54, 1.807) is 0 Å². The van der Waals surface area contributed by atoms with Crippen LogP contribution in [0.4, 0.5) is 5.69 Å². The second kappa shape index (κ2) is 6.95. The van der Waals surface area contributed by atoms with Gasteiger partial charge in [0.25, 0.3) is 0 Å². The summed E-state index contributed by atoms with van der Waals surface area (Å²) in [5.41, 5.74) is 13.1. The molecule has 22 heavy (non-hydrogen) atoms. The molecule has 3 rings (SSSR count). The number of hydrogen-bond acceptors (Lipinski definition) is 3. The Morgan fingerprint density at radius 1 is 1.05 bits per heavy atom. The van der Waals surface area contributed by atoms with Gasteiger partial charge >= 0.3 is 0 Å². The van der Waals surface area contributed by atoms with Gasteiger partial charge in [0.1, 0.15) is 0 Å². The number of rotatable bonds is 3. The minimum Gasteiger partial charge on any atom is -0.398 e. The largest absolute Gasteiger partial charge is 0.398 e. The van der Waals surface area contributed by atoms with Crippen LogP contribution in [0.15, 0.2) is 47.5 Å². The van der Waals surface area contributed by atoms with E-state index in [2.05, 4.69) is 61.5 Å². The first-order valence-electron chi connectivity index (χ1n) is 7.32. The topological polar surface area (TPSA) is 41.6 Å². The predicted molar refractivity (Wildman–Crippen MR) is 96.1 cm³/mol. The van der Waals surface area contributed by atoms with Crippen LogP contribution >= 0.6 is 12.4 Å². The Morgan fingerprint density at radius 2 is 1.77 bits per heavy atom. The van der Waals surface area contributed by atoms with Crippen LogP contribution < -0.4 is 5.73 Å². The van der Waals surface area contributed by atoms with E-state index >= 15 is 0 Å². The fraction of sp³-hybridized carbons (Fsp3) is 0.278. The molecule has 0 spiro atoms. The van der Waals surface area contributed by atoms with Crippen LogP contribution in [0.5, 0.6) is 0 Å². The number of nitrogens with two attached hydrogens (primary N) is 1. The summed E-state index contributed by atoms with van der Waals surface area (Å²) in [7, 11) is 4.11. The Kier molecular flexibility index (Phi) is 5.22. The monoisotopic (exact) mass is 315 g/mol. The van der Waals surface area contributed by atoms with Crippen molar-refractivity contribution in [2.45, 2.75) is 13.0 Å². The van der Waals surface area contributed by atoms with Crippen molar-refractivity contribution in [3.63, 3.8) is 0 Å². The van der Waals surface area contributed by atoms with Crippen LogP contribution in [0.2, 0.25) is 0 Å². The molecule has 0 saturated carbocycles. The Labute approximate surface area is 138 Å². The number of fused-ring (bicyclic) bond motifs is 1. The number of halogens is 1. The first-order valence-corrected chi connectivity index (χ1v) is 7.32. The summed E-state index contributed by atoms with van der Waals surface area (Å²) in [6.45, 7) is 1.68. The van der Waals surface area contributed by atoms with E-state index in [9.17, 15) is 0 Å². The Balaban J connectivity index is 0.00000176. The molecule has 4 heteroatoms. The zero-order chi connectivity index (χ0) is 14.8. The van der Waals surface area contributed by atoms with Gasteiger partial charge in [-0.2, -0.15) is 0 Å². The molecule has 0 unspecified atom stereocenters. The SMILES string of the molecule is CN(C)Cc1cccc(C2=NCCc3ccccc32)c1N.Cl. The second-order valence-electron chi connectivity index (χ2n) is 5.75. The van der Waals surface area contributed by atoms with Gasteiger partial charge in [0.05, 0.1) is 5.71 Å². The van der Waals surface area contributed by atoms with E-state index in [1.807, 2.05) is 0 Å². The number of aliphatic imine (C=N–C) groups is 1. The molecule has 2 aromatic carbocycles. The maximum Gasteiger partial charge on any atom is 0.0742 e. The Hall–Kier alpha value is -1.84. The van der Waals surface area contributed by atoms with Gasteiger partial charge in [-0.25, -0.2) is 0 Å². The van der Waals surface area contributed by atoms with Crippen LogP contribution in [0.1, 0.15) is 22.3 Å². The first kappa shape index (κ1) is 16.5. The predicted octanol–water partition coefficient (Wildman–Crippen LogP) is 3.15. The molecule has 2 aromatic rings. The second-order valence-corrected chi connectivity index (χ2v) is 5.75. The van der Waals surface area contributed by atoms with Crippen LogP contribution in [-0.2, 0) is 13.0 Å². The van der Waals surface area contributed by atoms with E-state index in [1.165, 1.54) is 11.1 Å². The van der Waals surface area contributed by atoms with Crippen molar-refractivity contribution < 1.29 is 0 Å². The summed E-state index contributed by atoms with van der Waals surface area (Å²) in [4.78, 5) is 6.88. The summed E-state index contributed by atoms with van der Waals surface area (Å²) in [5, 5.41) is 0. The van der Waals surface area contributed by atoms with Gasteiger partial charge in [-0.05, 0) is 31.6 Å². The summed E-state index contributed by atoms with van der Waals surface area (Å²) >= 11 is 0. The van der Waals surface area contributed by atoms with Crippen molar-refractivity contribution in [2.24, 2.45) is 4.99 Å². The van der Waals surface area contributed by atoms with E-state index < -0.39 is 0 Å². The summed E-state index contributed by atoms with van der Waals surface area (Å²) in [5.74, 6) is 0. The average Bonchev–Trinajstić information content (AvgIpc) is 2.49. The number of anilines is 1. The minimum absolute atomic E-state index is 0. The highest BCUT2D eigenvalue weighted by Gasteiger charge is 2.18. The molecule has 1 heterocycles. The molecular formula is C18H22ClN3. The lowest BCUT2D eigenvalue weighted by Gasteiger charge is -2.20. The van der Waals surface area contributed by atoms with Crippen molar-refractivity contribution in [1.29, 1.82) is 0 Å². The van der Waals surface area contributed by atoms with Crippen molar-refractivity contribution in [3.8, 4) is 0 Å². The molecule has 0 bridgehead atoms. The molecular weight excluding hydrogens is 294 g/mol. The fourth-order valence-electron chi connectivity index (χ4n) is 2.87. The first-order chi connectivity index (χ1) is 10.2. The quantitative estimate of drug-likeness (QED) is 0.884. The lowest BCUT2D eigenvalue weighted by Crippen LogP contribution is -2.18. The average molecular weight is 316 g/mol. The number of nitrogens with zero attached hydrogens (tertiary/aromatic N) is 2. The van der Waals surface area contributed by atoms with Gasteiger partial charge in [0.15, 0.2) is 0 Å². The standard InChI is InChI=1S/C18H21N3.ClH/c1-21(2)12-14-7-5-9-16(17(14)19)18-15-8-4-3-6-13(15)10-11-20-18;/h3-9H,10-12,19H2,1-2H3;1H. The Bertz CT molecular complexity index is 692. The minimum atomic E-state index is 0. The number of benzene rings is 2. The van der Waals surface area contributed by atoms with Gasteiger partial charge < -0.3 is 10.6 Å². The third-order valence-electron chi connectivity index (χ3n) is 3.86. The van der Waals surface area contributed by atoms with Gasteiger partial charge in [-0.1, -0.05) is 42.5 Å². The zero-order valence-electron chi connectivity index (χ0n) is 13.0. The summed E-state index contributed by atoms with van der Waals surface area (Å²) in [6, 6.07) is 14.7. The van der Waals surface area contributed by atoms with E-state index in [-0.39, 0.29) is 12.4 Å². The number of para-hydroxylation sites is 1. The molecule has 0 amide bonds. The number of nitrogen functional groups attached to an aromatic ring is 1. The molecule has 116 valence electrons. The molecule has 3 nitrogen and oxygen atoms in total. The van der Waals surface area contributed by atoms with Crippen molar-refractivity contribution in [2.75, 3.05) is 26.4 Å². The van der Waals surface area contributed by atoms with E-state index in [0.717, 1.165) is 42.0 Å². The maximum atomic E-state index is 6.41. The smallest absolute Gasteiger partial charge is 0.0742 e. The summed E-state index contributed by atoms with van der Waals surface area (Å²) in [6.07, 6.45) is 1.01. The molecule has 1 aliphatic rings. The fourth-order valence-corrected chi connectivity index (χ4v) is 2.87. The lowest BCUT2D eigenvalue weighted by atomic mass is 9.91. The Morgan fingerprint density at radius 3 is 2.55 bits per heavy atom. The molecule has 0 aromatic heterocycles. The van der Waals surface area contributed by atoms with Crippen molar-refractivity contribution in [1.82, 2.24) is 4.90 Å².